The molecule has 4 atom stereocenters. The molecule has 0 saturated heterocycles. The maximum absolute atomic E-state index is 10.8. The Kier molecular flexibility index (Phi) is 3.58. The standard InChI is InChI=1S/C8H12Br2O2/c1-4-6(9)3-2-5(7(4)10)8(11)12/h4-7H,2-3H2,1H3,(H,11,12). The zero-order valence-electron chi connectivity index (χ0n) is 6.84. The number of alkyl halides is 2. The van der Waals surface area contributed by atoms with Gasteiger partial charge in [-0.05, 0) is 18.8 Å². The second-order valence-corrected chi connectivity index (χ2v) is 5.58. The third kappa shape index (κ3) is 2.02. The molecular weight excluding hydrogens is 288 g/mol. The molecule has 0 aromatic heterocycles. The third-order valence-corrected chi connectivity index (χ3v) is 5.29. The molecule has 1 aliphatic rings. The van der Waals surface area contributed by atoms with E-state index in [1.807, 2.05) is 0 Å². The predicted octanol–water partition coefficient (Wildman–Crippen LogP) is 2.64. The number of carboxylic acids is 1. The molecule has 1 rings (SSSR count). The van der Waals surface area contributed by atoms with Crippen LogP contribution in [0.15, 0.2) is 0 Å². The van der Waals surface area contributed by atoms with Gasteiger partial charge in [-0.1, -0.05) is 38.8 Å². The maximum Gasteiger partial charge on any atom is 0.307 e. The molecule has 0 heterocycles. The largest absolute Gasteiger partial charge is 0.481 e. The van der Waals surface area contributed by atoms with Crippen LogP contribution in [0.1, 0.15) is 19.8 Å². The van der Waals surface area contributed by atoms with Gasteiger partial charge in [0.15, 0.2) is 0 Å². The highest BCUT2D eigenvalue weighted by molar-refractivity contribution is 9.10. The summed E-state index contributed by atoms with van der Waals surface area (Å²) < 4.78 is 0. The van der Waals surface area contributed by atoms with Crippen molar-refractivity contribution in [3.63, 3.8) is 0 Å². The van der Waals surface area contributed by atoms with Crippen molar-refractivity contribution in [2.24, 2.45) is 11.8 Å². The normalized spacial score (nSPS) is 42.6. The monoisotopic (exact) mass is 298 g/mol. The van der Waals surface area contributed by atoms with Crippen LogP contribution in [0, 0.1) is 11.8 Å². The van der Waals surface area contributed by atoms with Crippen LogP contribution in [0.25, 0.3) is 0 Å². The van der Waals surface area contributed by atoms with Gasteiger partial charge in [0.25, 0.3) is 0 Å². The molecule has 0 aromatic rings. The van der Waals surface area contributed by atoms with E-state index >= 15 is 0 Å². The van der Waals surface area contributed by atoms with Crippen LogP contribution in [-0.2, 0) is 4.79 Å². The van der Waals surface area contributed by atoms with Crippen LogP contribution >= 0.6 is 31.9 Å². The third-order valence-electron chi connectivity index (χ3n) is 2.53. The van der Waals surface area contributed by atoms with E-state index in [0.29, 0.717) is 10.7 Å². The molecule has 12 heavy (non-hydrogen) atoms. The molecule has 0 radical (unpaired) electrons. The average molecular weight is 300 g/mol. The van der Waals surface area contributed by atoms with Gasteiger partial charge in [-0.3, -0.25) is 4.79 Å². The lowest BCUT2D eigenvalue weighted by Crippen LogP contribution is -2.37. The lowest BCUT2D eigenvalue weighted by molar-refractivity contribution is -0.142. The summed E-state index contributed by atoms with van der Waals surface area (Å²) in [5.41, 5.74) is 0. The van der Waals surface area contributed by atoms with Gasteiger partial charge in [0.2, 0.25) is 0 Å². The molecule has 0 amide bonds. The molecule has 70 valence electrons. The molecule has 4 heteroatoms. The Balaban J connectivity index is 2.65. The SMILES string of the molecule is CC1C(Br)CCC(C(=O)O)C1Br. The lowest BCUT2D eigenvalue weighted by atomic mass is 9.82. The van der Waals surface area contributed by atoms with Crippen molar-refractivity contribution in [2.75, 3.05) is 0 Å². The van der Waals surface area contributed by atoms with Crippen molar-refractivity contribution in [3.8, 4) is 0 Å². The molecule has 0 aliphatic heterocycles. The Labute approximate surface area is 89.0 Å². The molecule has 0 spiro atoms. The van der Waals surface area contributed by atoms with E-state index in [-0.39, 0.29) is 10.7 Å². The van der Waals surface area contributed by atoms with Gasteiger partial charge in [-0.2, -0.15) is 0 Å². The fourth-order valence-corrected chi connectivity index (χ4v) is 3.45. The summed E-state index contributed by atoms with van der Waals surface area (Å²) in [5.74, 6) is -0.503. The second kappa shape index (κ2) is 4.09. The molecule has 1 fully saturated rings. The highest BCUT2D eigenvalue weighted by atomic mass is 79.9. The molecule has 4 unspecified atom stereocenters. The van der Waals surface area contributed by atoms with Gasteiger partial charge in [0, 0.05) is 9.65 Å². The predicted molar refractivity (Wildman–Crippen MR) is 55.0 cm³/mol. The number of hydrogen-bond donors (Lipinski definition) is 1. The molecule has 2 nitrogen and oxygen atoms in total. The van der Waals surface area contributed by atoms with Crippen molar-refractivity contribution < 1.29 is 9.90 Å². The second-order valence-electron chi connectivity index (χ2n) is 3.34. The van der Waals surface area contributed by atoms with Crippen molar-refractivity contribution in [3.05, 3.63) is 0 Å². The number of rotatable bonds is 1. The minimum absolute atomic E-state index is 0.105. The maximum atomic E-state index is 10.8. The number of halogens is 2. The minimum atomic E-state index is -0.678. The highest BCUT2D eigenvalue weighted by Gasteiger charge is 2.37. The van der Waals surface area contributed by atoms with E-state index in [4.69, 9.17) is 5.11 Å². The van der Waals surface area contributed by atoms with Gasteiger partial charge < -0.3 is 5.11 Å². The Morgan fingerprint density at radius 1 is 1.42 bits per heavy atom. The highest BCUT2D eigenvalue weighted by Crippen LogP contribution is 2.38. The summed E-state index contributed by atoms with van der Waals surface area (Å²) in [6, 6.07) is 0. The van der Waals surface area contributed by atoms with Crippen molar-refractivity contribution in [2.45, 2.75) is 29.4 Å². The Morgan fingerprint density at radius 2 is 2.00 bits per heavy atom. The Morgan fingerprint density at radius 3 is 2.50 bits per heavy atom. The molecule has 1 N–H and O–H groups in total. The van der Waals surface area contributed by atoms with E-state index in [1.54, 1.807) is 0 Å². The van der Waals surface area contributed by atoms with Gasteiger partial charge >= 0.3 is 5.97 Å². The summed E-state index contributed by atoms with van der Waals surface area (Å²) in [6.07, 6.45) is 1.73. The Bertz CT molecular complexity index is 184. The minimum Gasteiger partial charge on any atom is -0.481 e. The first-order chi connectivity index (χ1) is 5.54. The van der Waals surface area contributed by atoms with Crippen LogP contribution in [0.5, 0.6) is 0 Å². The van der Waals surface area contributed by atoms with Crippen LogP contribution in [-0.4, -0.2) is 20.7 Å². The molecule has 0 aromatic carbocycles. The summed E-state index contributed by atoms with van der Waals surface area (Å²) in [6.45, 7) is 2.08. The molecular formula is C8H12Br2O2. The fraction of sp³-hybridized carbons (Fsp3) is 0.875. The smallest absolute Gasteiger partial charge is 0.307 e. The van der Waals surface area contributed by atoms with E-state index in [0.717, 1.165) is 12.8 Å². The number of carbonyl (C=O) groups is 1. The first-order valence-corrected chi connectivity index (χ1v) is 5.88. The van der Waals surface area contributed by atoms with Gasteiger partial charge in [-0.15, -0.1) is 0 Å². The first-order valence-electron chi connectivity index (χ1n) is 4.05. The fourth-order valence-electron chi connectivity index (χ4n) is 1.59. The van der Waals surface area contributed by atoms with Crippen LogP contribution in [0.3, 0.4) is 0 Å². The summed E-state index contributed by atoms with van der Waals surface area (Å²) in [4.78, 5) is 11.3. The van der Waals surface area contributed by atoms with Gasteiger partial charge in [0.05, 0.1) is 5.92 Å². The van der Waals surface area contributed by atoms with E-state index in [9.17, 15) is 4.79 Å². The first kappa shape index (κ1) is 10.5. The zero-order chi connectivity index (χ0) is 9.30. The average Bonchev–Trinajstić information content (AvgIpc) is 2.00. The van der Waals surface area contributed by atoms with Crippen LogP contribution < -0.4 is 0 Å². The molecule has 1 aliphatic carbocycles. The van der Waals surface area contributed by atoms with E-state index < -0.39 is 5.97 Å². The van der Waals surface area contributed by atoms with Crippen LogP contribution in [0.4, 0.5) is 0 Å². The molecule has 0 bridgehead atoms. The van der Waals surface area contributed by atoms with E-state index in [2.05, 4.69) is 38.8 Å². The number of aliphatic carboxylic acids is 1. The van der Waals surface area contributed by atoms with Gasteiger partial charge in [0.1, 0.15) is 0 Å². The number of hydrogen-bond acceptors (Lipinski definition) is 1. The van der Waals surface area contributed by atoms with E-state index in [1.165, 1.54) is 0 Å². The van der Waals surface area contributed by atoms with Crippen molar-refractivity contribution >= 4 is 37.8 Å². The van der Waals surface area contributed by atoms with Crippen molar-refractivity contribution in [1.29, 1.82) is 0 Å². The summed E-state index contributed by atoms with van der Waals surface area (Å²) >= 11 is 7.00. The lowest BCUT2D eigenvalue weighted by Gasteiger charge is -2.33. The van der Waals surface area contributed by atoms with Crippen LogP contribution in [0.2, 0.25) is 0 Å². The topological polar surface area (TPSA) is 37.3 Å². The molecule has 1 saturated carbocycles. The number of carboxylic acid groups (broad SMARTS) is 1. The quantitative estimate of drug-likeness (QED) is 0.756. The van der Waals surface area contributed by atoms with Crippen molar-refractivity contribution in [1.82, 2.24) is 0 Å². The summed E-state index contributed by atoms with van der Waals surface area (Å²) in [7, 11) is 0. The zero-order valence-corrected chi connectivity index (χ0v) is 10.0. The Hall–Kier alpha value is 0.430. The summed E-state index contributed by atoms with van der Waals surface area (Å²) in [5, 5.41) is 8.87. The van der Waals surface area contributed by atoms with Gasteiger partial charge in [-0.25, -0.2) is 0 Å².